The number of nitrogens with one attached hydrogen (secondary N) is 2. The molecule has 1 atom stereocenters. The zero-order chi connectivity index (χ0) is 18.2. The summed E-state index contributed by atoms with van der Waals surface area (Å²) < 4.78 is 0. The molecule has 6 nitrogen and oxygen atoms in total. The van der Waals surface area contributed by atoms with Crippen LogP contribution in [0.1, 0.15) is 46.2 Å². The van der Waals surface area contributed by atoms with Gasteiger partial charge in [0.05, 0.1) is 16.1 Å². The van der Waals surface area contributed by atoms with Gasteiger partial charge in [0.1, 0.15) is 6.04 Å². The quantitative estimate of drug-likeness (QED) is 0.672. The van der Waals surface area contributed by atoms with Gasteiger partial charge in [0.15, 0.2) is 0 Å². The maximum atomic E-state index is 12.5. The van der Waals surface area contributed by atoms with Crippen LogP contribution >= 0.6 is 11.3 Å². The Morgan fingerprint density at radius 3 is 2.52 bits per heavy atom. The first kappa shape index (κ1) is 18.7. The molecular formula is C18H20N2O4S. The SMILES string of the molecule is CCCCC(NC(=O)c1ccccc1NC(=O)c1cccs1)C(=O)O. The lowest BCUT2D eigenvalue weighted by Gasteiger charge is -2.16. The zero-order valence-electron chi connectivity index (χ0n) is 13.8. The highest BCUT2D eigenvalue weighted by Gasteiger charge is 2.22. The van der Waals surface area contributed by atoms with Crippen LogP contribution in [0.4, 0.5) is 5.69 Å². The van der Waals surface area contributed by atoms with Crippen molar-refractivity contribution < 1.29 is 19.5 Å². The normalized spacial score (nSPS) is 11.6. The van der Waals surface area contributed by atoms with E-state index in [0.717, 1.165) is 6.42 Å². The lowest BCUT2D eigenvalue weighted by Crippen LogP contribution is -2.41. The van der Waals surface area contributed by atoms with Crippen LogP contribution in [0.25, 0.3) is 0 Å². The van der Waals surface area contributed by atoms with Crippen LogP contribution in [0.3, 0.4) is 0 Å². The van der Waals surface area contributed by atoms with Crippen molar-refractivity contribution in [3.8, 4) is 0 Å². The summed E-state index contributed by atoms with van der Waals surface area (Å²) in [6.45, 7) is 1.95. The molecule has 1 aromatic heterocycles. The first-order valence-electron chi connectivity index (χ1n) is 8.00. The van der Waals surface area contributed by atoms with Gasteiger partial charge in [-0.05, 0) is 30.0 Å². The highest BCUT2D eigenvalue weighted by atomic mass is 32.1. The summed E-state index contributed by atoms with van der Waals surface area (Å²) in [7, 11) is 0. The van der Waals surface area contributed by atoms with Crippen molar-refractivity contribution in [1.29, 1.82) is 0 Å². The molecule has 25 heavy (non-hydrogen) atoms. The van der Waals surface area contributed by atoms with Gasteiger partial charge in [-0.15, -0.1) is 11.3 Å². The van der Waals surface area contributed by atoms with E-state index in [1.807, 2.05) is 6.92 Å². The first-order valence-corrected chi connectivity index (χ1v) is 8.88. The molecular weight excluding hydrogens is 340 g/mol. The molecule has 2 rings (SSSR count). The number of carbonyl (C=O) groups excluding carboxylic acids is 2. The summed E-state index contributed by atoms with van der Waals surface area (Å²) in [5.74, 6) is -1.90. The number of hydrogen-bond acceptors (Lipinski definition) is 4. The fourth-order valence-electron chi connectivity index (χ4n) is 2.28. The minimum Gasteiger partial charge on any atom is -0.480 e. The fraction of sp³-hybridized carbons (Fsp3) is 0.278. The molecule has 1 aromatic carbocycles. The molecule has 2 amide bonds. The Balaban J connectivity index is 2.14. The number of thiophene rings is 1. The summed E-state index contributed by atoms with van der Waals surface area (Å²) in [5, 5.41) is 16.3. The third kappa shape index (κ3) is 5.15. The van der Waals surface area contributed by atoms with E-state index in [0.29, 0.717) is 23.4 Å². The molecule has 7 heteroatoms. The van der Waals surface area contributed by atoms with E-state index < -0.39 is 17.9 Å². The number of aliphatic carboxylic acids is 1. The number of amides is 2. The van der Waals surface area contributed by atoms with Crippen LogP contribution in [-0.4, -0.2) is 28.9 Å². The van der Waals surface area contributed by atoms with Crippen molar-refractivity contribution in [2.45, 2.75) is 32.2 Å². The van der Waals surface area contributed by atoms with Crippen LogP contribution in [0.2, 0.25) is 0 Å². The molecule has 1 heterocycles. The number of hydrogen-bond donors (Lipinski definition) is 3. The number of para-hydroxylation sites is 1. The van der Waals surface area contributed by atoms with Crippen LogP contribution in [0, 0.1) is 0 Å². The molecule has 1 unspecified atom stereocenters. The number of carbonyl (C=O) groups is 3. The lowest BCUT2D eigenvalue weighted by atomic mass is 10.1. The van der Waals surface area contributed by atoms with Gasteiger partial charge in [-0.3, -0.25) is 9.59 Å². The molecule has 0 spiro atoms. The van der Waals surface area contributed by atoms with Crippen LogP contribution in [0.15, 0.2) is 41.8 Å². The number of benzene rings is 1. The van der Waals surface area contributed by atoms with E-state index in [2.05, 4.69) is 10.6 Å². The molecule has 0 aliphatic rings. The number of rotatable bonds is 8. The second kappa shape index (κ2) is 8.98. The van der Waals surface area contributed by atoms with Crippen LogP contribution in [0.5, 0.6) is 0 Å². The van der Waals surface area contributed by atoms with E-state index >= 15 is 0 Å². The van der Waals surface area contributed by atoms with Gasteiger partial charge in [0.2, 0.25) is 0 Å². The Labute approximate surface area is 149 Å². The predicted octanol–water partition coefficient (Wildman–Crippen LogP) is 3.37. The van der Waals surface area contributed by atoms with Gasteiger partial charge in [0, 0.05) is 0 Å². The molecule has 0 aliphatic carbocycles. The molecule has 2 aromatic rings. The highest BCUT2D eigenvalue weighted by molar-refractivity contribution is 7.12. The van der Waals surface area contributed by atoms with Crippen molar-refractivity contribution in [1.82, 2.24) is 5.32 Å². The molecule has 0 bridgehead atoms. The molecule has 0 radical (unpaired) electrons. The van der Waals surface area contributed by atoms with Crippen molar-refractivity contribution in [3.05, 3.63) is 52.2 Å². The van der Waals surface area contributed by atoms with Crippen molar-refractivity contribution in [2.75, 3.05) is 5.32 Å². The van der Waals surface area contributed by atoms with Crippen LogP contribution in [-0.2, 0) is 4.79 Å². The average Bonchev–Trinajstić information content (AvgIpc) is 3.13. The van der Waals surface area contributed by atoms with Crippen molar-refractivity contribution in [2.24, 2.45) is 0 Å². The standard InChI is InChI=1S/C18H20N2O4S/c1-2-3-8-14(18(23)24)20-16(21)12-7-4-5-9-13(12)19-17(22)15-10-6-11-25-15/h4-7,9-11,14H,2-3,8H2,1H3,(H,19,22)(H,20,21)(H,23,24). The molecule has 3 N–H and O–H groups in total. The monoisotopic (exact) mass is 360 g/mol. The molecule has 0 saturated heterocycles. The Morgan fingerprint density at radius 2 is 1.88 bits per heavy atom. The summed E-state index contributed by atoms with van der Waals surface area (Å²) in [5.41, 5.74) is 0.577. The smallest absolute Gasteiger partial charge is 0.326 e. The van der Waals surface area contributed by atoms with Crippen LogP contribution < -0.4 is 10.6 Å². The van der Waals surface area contributed by atoms with Gasteiger partial charge in [-0.2, -0.15) is 0 Å². The third-order valence-electron chi connectivity index (χ3n) is 3.61. The summed E-state index contributed by atoms with van der Waals surface area (Å²) in [6.07, 6.45) is 1.91. The summed E-state index contributed by atoms with van der Waals surface area (Å²) >= 11 is 1.30. The summed E-state index contributed by atoms with van der Waals surface area (Å²) in [6, 6.07) is 9.04. The van der Waals surface area contributed by atoms with Gasteiger partial charge in [0.25, 0.3) is 11.8 Å². The first-order chi connectivity index (χ1) is 12.0. The van der Waals surface area contributed by atoms with Crippen molar-refractivity contribution >= 4 is 34.8 Å². The van der Waals surface area contributed by atoms with Gasteiger partial charge < -0.3 is 15.7 Å². The maximum absolute atomic E-state index is 12.5. The molecule has 132 valence electrons. The second-order valence-corrected chi connectivity index (χ2v) is 6.43. The lowest BCUT2D eigenvalue weighted by molar-refractivity contribution is -0.139. The molecule has 0 saturated carbocycles. The Hall–Kier alpha value is -2.67. The number of unbranched alkanes of at least 4 members (excludes halogenated alkanes) is 1. The molecule has 0 fully saturated rings. The minimum atomic E-state index is -1.07. The second-order valence-electron chi connectivity index (χ2n) is 5.48. The van der Waals surface area contributed by atoms with E-state index in [4.69, 9.17) is 0 Å². The van der Waals surface area contributed by atoms with E-state index in [1.54, 1.807) is 41.8 Å². The van der Waals surface area contributed by atoms with E-state index in [-0.39, 0.29) is 11.5 Å². The number of carboxylic acid groups (broad SMARTS) is 1. The minimum absolute atomic E-state index is 0.232. The largest absolute Gasteiger partial charge is 0.480 e. The topological polar surface area (TPSA) is 95.5 Å². The Bertz CT molecular complexity index is 743. The third-order valence-corrected chi connectivity index (χ3v) is 4.48. The number of carboxylic acids is 1. The summed E-state index contributed by atoms with van der Waals surface area (Å²) in [4.78, 5) is 36.5. The predicted molar refractivity (Wildman–Crippen MR) is 97.1 cm³/mol. The number of anilines is 1. The van der Waals surface area contributed by atoms with Crippen molar-refractivity contribution in [3.63, 3.8) is 0 Å². The highest BCUT2D eigenvalue weighted by Crippen LogP contribution is 2.18. The fourth-order valence-corrected chi connectivity index (χ4v) is 2.90. The zero-order valence-corrected chi connectivity index (χ0v) is 14.6. The van der Waals surface area contributed by atoms with Gasteiger partial charge in [-0.1, -0.05) is 38.0 Å². The average molecular weight is 360 g/mol. The Morgan fingerprint density at radius 1 is 1.12 bits per heavy atom. The van der Waals surface area contributed by atoms with Gasteiger partial charge in [-0.25, -0.2) is 4.79 Å². The van der Waals surface area contributed by atoms with Gasteiger partial charge >= 0.3 is 5.97 Å². The molecule has 0 aliphatic heterocycles. The maximum Gasteiger partial charge on any atom is 0.326 e. The van der Waals surface area contributed by atoms with E-state index in [9.17, 15) is 19.5 Å². The Kier molecular flexibility index (Phi) is 6.71. The van der Waals surface area contributed by atoms with E-state index in [1.165, 1.54) is 11.3 Å².